The molecule has 35 heavy (non-hydrogen) atoms. The number of allylic oxidation sites excluding steroid dienone is 2. The number of hydrogen-bond donors (Lipinski definition) is 2. The molecular formula is C32H55NO2. The van der Waals surface area contributed by atoms with Gasteiger partial charge in [-0.15, -0.1) is 0 Å². The highest BCUT2D eigenvalue weighted by Gasteiger charge is 2.62. The van der Waals surface area contributed by atoms with Crippen molar-refractivity contribution in [3.63, 3.8) is 0 Å². The van der Waals surface area contributed by atoms with Gasteiger partial charge < -0.3 is 10.4 Å². The van der Waals surface area contributed by atoms with Gasteiger partial charge in [-0.25, -0.2) is 0 Å². The average molecular weight is 486 g/mol. The molecule has 0 radical (unpaired) electrons. The molecular weight excluding hydrogens is 430 g/mol. The van der Waals surface area contributed by atoms with Crippen LogP contribution in [-0.4, -0.2) is 23.2 Å². The molecule has 0 aromatic rings. The standard InChI is InChI=1S/C32H55NO2/c1-20(2)24-13-17-32(19-28(35)33-21(3)4)18-14-26-25(29(24)32)9-10-27-30(7,16-12-23(6)34)22(5)11-15-31(26,27)8/h20-23,25-27,34H,9-19H2,1-8H3,(H,33,35). The number of amides is 1. The lowest BCUT2D eigenvalue weighted by Gasteiger charge is -2.65. The Morgan fingerprint density at radius 1 is 1.03 bits per heavy atom. The van der Waals surface area contributed by atoms with Crippen LogP contribution in [0.5, 0.6) is 0 Å². The van der Waals surface area contributed by atoms with E-state index in [-0.39, 0.29) is 23.5 Å². The number of fused-ring (bicyclic) bond motifs is 5. The molecule has 0 spiro atoms. The summed E-state index contributed by atoms with van der Waals surface area (Å²) in [6, 6.07) is 0.214. The summed E-state index contributed by atoms with van der Waals surface area (Å²) in [5.41, 5.74) is 4.28. The van der Waals surface area contributed by atoms with E-state index in [1.54, 1.807) is 11.1 Å². The zero-order valence-electron chi connectivity index (χ0n) is 24.2. The van der Waals surface area contributed by atoms with E-state index in [2.05, 4.69) is 53.8 Å². The Morgan fingerprint density at radius 2 is 1.74 bits per heavy atom. The first-order valence-electron chi connectivity index (χ1n) is 15.0. The first kappa shape index (κ1) is 27.2. The Balaban J connectivity index is 1.68. The number of aliphatic hydroxyl groups is 1. The largest absolute Gasteiger partial charge is 0.393 e. The fraction of sp³-hybridized carbons (Fsp3) is 0.906. The van der Waals surface area contributed by atoms with E-state index in [0.717, 1.165) is 30.6 Å². The summed E-state index contributed by atoms with van der Waals surface area (Å²) < 4.78 is 0. The smallest absolute Gasteiger partial charge is 0.221 e. The molecule has 4 rings (SSSR count). The highest BCUT2D eigenvalue weighted by Crippen LogP contribution is 2.70. The van der Waals surface area contributed by atoms with Gasteiger partial charge in [-0.3, -0.25) is 4.79 Å². The fourth-order valence-electron chi connectivity index (χ4n) is 9.91. The van der Waals surface area contributed by atoms with Crippen molar-refractivity contribution in [1.82, 2.24) is 5.32 Å². The van der Waals surface area contributed by atoms with Gasteiger partial charge in [0.1, 0.15) is 0 Å². The number of carbonyl (C=O) groups is 1. The monoisotopic (exact) mass is 485 g/mol. The van der Waals surface area contributed by atoms with Crippen LogP contribution in [0.1, 0.15) is 126 Å². The van der Waals surface area contributed by atoms with E-state index in [1.807, 2.05) is 6.92 Å². The van der Waals surface area contributed by atoms with Crippen LogP contribution in [0.4, 0.5) is 0 Å². The van der Waals surface area contributed by atoms with Gasteiger partial charge in [0, 0.05) is 17.9 Å². The average Bonchev–Trinajstić information content (AvgIpc) is 3.14. The molecule has 8 unspecified atom stereocenters. The van der Waals surface area contributed by atoms with Gasteiger partial charge in [0.05, 0.1) is 6.10 Å². The lowest BCUT2D eigenvalue weighted by atomic mass is 9.40. The third kappa shape index (κ3) is 4.66. The molecule has 8 atom stereocenters. The van der Waals surface area contributed by atoms with Gasteiger partial charge in [0.25, 0.3) is 0 Å². The van der Waals surface area contributed by atoms with Crippen LogP contribution in [0.25, 0.3) is 0 Å². The van der Waals surface area contributed by atoms with Crippen LogP contribution in [0, 0.1) is 45.8 Å². The van der Waals surface area contributed by atoms with Crippen LogP contribution in [-0.2, 0) is 4.79 Å². The summed E-state index contributed by atoms with van der Waals surface area (Å²) in [7, 11) is 0. The van der Waals surface area contributed by atoms with E-state index in [4.69, 9.17) is 0 Å². The van der Waals surface area contributed by atoms with E-state index < -0.39 is 0 Å². The summed E-state index contributed by atoms with van der Waals surface area (Å²) in [5.74, 6) is 3.76. The van der Waals surface area contributed by atoms with Crippen LogP contribution in [0.2, 0.25) is 0 Å². The quantitative estimate of drug-likeness (QED) is 0.363. The molecule has 3 fully saturated rings. The first-order chi connectivity index (χ1) is 16.3. The zero-order chi connectivity index (χ0) is 25.8. The van der Waals surface area contributed by atoms with Crippen LogP contribution >= 0.6 is 0 Å². The van der Waals surface area contributed by atoms with E-state index in [1.165, 1.54) is 51.4 Å². The second kappa shape index (κ2) is 9.80. The summed E-state index contributed by atoms with van der Waals surface area (Å²) >= 11 is 0. The maximum absolute atomic E-state index is 13.1. The highest BCUT2D eigenvalue weighted by molar-refractivity contribution is 5.77. The summed E-state index contributed by atoms with van der Waals surface area (Å²) in [6.45, 7) is 18.6. The predicted molar refractivity (Wildman–Crippen MR) is 146 cm³/mol. The number of rotatable bonds is 7. The molecule has 0 aliphatic heterocycles. The maximum Gasteiger partial charge on any atom is 0.221 e. The van der Waals surface area contributed by atoms with Crippen molar-refractivity contribution in [1.29, 1.82) is 0 Å². The second-order valence-corrected chi connectivity index (χ2v) is 14.5. The number of nitrogens with one attached hydrogen (secondary N) is 1. The summed E-state index contributed by atoms with van der Waals surface area (Å²) in [4.78, 5) is 13.1. The highest BCUT2D eigenvalue weighted by atomic mass is 16.3. The summed E-state index contributed by atoms with van der Waals surface area (Å²) in [6.07, 6.45) is 12.8. The van der Waals surface area contributed by atoms with Gasteiger partial charge in [-0.1, -0.05) is 45.8 Å². The molecule has 0 bridgehead atoms. The van der Waals surface area contributed by atoms with Crippen molar-refractivity contribution in [2.75, 3.05) is 0 Å². The van der Waals surface area contributed by atoms with Gasteiger partial charge in [-0.05, 0) is 125 Å². The molecule has 0 aromatic carbocycles. The second-order valence-electron chi connectivity index (χ2n) is 14.5. The molecule has 1 amide bonds. The minimum absolute atomic E-state index is 0.112. The Morgan fingerprint density at radius 3 is 2.37 bits per heavy atom. The molecule has 0 heterocycles. The van der Waals surface area contributed by atoms with Gasteiger partial charge in [-0.2, -0.15) is 0 Å². The molecule has 3 nitrogen and oxygen atoms in total. The molecule has 3 saturated carbocycles. The van der Waals surface area contributed by atoms with E-state index in [0.29, 0.717) is 29.1 Å². The molecule has 200 valence electrons. The molecule has 2 N–H and O–H groups in total. The van der Waals surface area contributed by atoms with Crippen LogP contribution in [0.15, 0.2) is 11.1 Å². The third-order valence-electron chi connectivity index (χ3n) is 11.8. The molecule has 4 aliphatic carbocycles. The van der Waals surface area contributed by atoms with Crippen LogP contribution < -0.4 is 5.32 Å². The predicted octanol–water partition coefficient (Wildman–Crippen LogP) is 7.67. The molecule has 0 aromatic heterocycles. The lowest BCUT2D eigenvalue weighted by Crippen LogP contribution is -2.57. The topological polar surface area (TPSA) is 49.3 Å². The number of aliphatic hydroxyl groups excluding tert-OH is 1. The van der Waals surface area contributed by atoms with Gasteiger partial charge >= 0.3 is 0 Å². The van der Waals surface area contributed by atoms with Gasteiger partial charge in [0.2, 0.25) is 5.91 Å². The van der Waals surface area contributed by atoms with Gasteiger partial charge in [0.15, 0.2) is 0 Å². The SMILES string of the molecule is CC(O)CCC1(C)C(C)CCC2(C)C3CCC4(CC(=O)NC(C)C)CCC(C(C)C)=C4C3CCC12. The zero-order valence-corrected chi connectivity index (χ0v) is 24.2. The lowest BCUT2D eigenvalue weighted by molar-refractivity contribution is -0.142. The Bertz CT molecular complexity index is 827. The Labute approximate surface area is 216 Å². The third-order valence-corrected chi connectivity index (χ3v) is 11.8. The van der Waals surface area contributed by atoms with Crippen molar-refractivity contribution < 1.29 is 9.90 Å². The van der Waals surface area contributed by atoms with Crippen molar-refractivity contribution in [3.8, 4) is 0 Å². The Hall–Kier alpha value is -0.830. The summed E-state index contributed by atoms with van der Waals surface area (Å²) in [5, 5.41) is 13.4. The molecule has 0 saturated heterocycles. The fourth-order valence-corrected chi connectivity index (χ4v) is 9.91. The first-order valence-corrected chi connectivity index (χ1v) is 15.0. The van der Waals surface area contributed by atoms with E-state index >= 15 is 0 Å². The maximum atomic E-state index is 13.1. The van der Waals surface area contributed by atoms with E-state index in [9.17, 15) is 9.90 Å². The van der Waals surface area contributed by atoms with Crippen molar-refractivity contribution in [2.24, 2.45) is 45.8 Å². The Kier molecular flexibility index (Phi) is 7.62. The van der Waals surface area contributed by atoms with Crippen molar-refractivity contribution in [2.45, 2.75) is 138 Å². The normalized spacial score (nSPS) is 42.0. The minimum Gasteiger partial charge on any atom is -0.393 e. The minimum atomic E-state index is -0.201. The molecule has 4 aliphatic rings. The van der Waals surface area contributed by atoms with Crippen LogP contribution in [0.3, 0.4) is 0 Å². The van der Waals surface area contributed by atoms with Crippen molar-refractivity contribution in [3.05, 3.63) is 11.1 Å². The number of carbonyl (C=O) groups excluding carboxylic acids is 1. The molecule has 3 heteroatoms. The number of hydrogen-bond acceptors (Lipinski definition) is 2. The van der Waals surface area contributed by atoms with Crippen molar-refractivity contribution >= 4 is 5.91 Å².